The van der Waals surface area contributed by atoms with Crippen LogP contribution >= 0.6 is 15.9 Å². The molecule has 0 aromatic heterocycles. The lowest BCUT2D eigenvalue weighted by atomic mass is 10.0. The molecule has 20 heavy (non-hydrogen) atoms. The average molecular weight is 340 g/mol. The van der Waals surface area contributed by atoms with E-state index in [-0.39, 0.29) is 5.78 Å². The number of likely N-dealkylation sites (tertiary alicyclic amines) is 1. The molecule has 1 heterocycles. The third-order valence-electron chi connectivity index (χ3n) is 4.00. The minimum absolute atomic E-state index is 0.181. The van der Waals surface area contributed by atoms with Crippen molar-refractivity contribution in [2.45, 2.75) is 32.7 Å². The van der Waals surface area contributed by atoms with E-state index in [1.165, 1.54) is 12.8 Å². The number of ether oxygens (including phenoxy) is 1. The Bertz CT molecular complexity index is 487. The van der Waals surface area contributed by atoms with Gasteiger partial charge in [-0.25, -0.2) is 0 Å². The highest BCUT2D eigenvalue weighted by Gasteiger charge is 2.28. The van der Waals surface area contributed by atoms with Crippen LogP contribution in [0.15, 0.2) is 22.7 Å². The van der Waals surface area contributed by atoms with E-state index in [1.54, 1.807) is 7.11 Å². The number of nitrogens with zero attached hydrogens (tertiary/aromatic N) is 1. The molecule has 0 N–H and O–H groups in total. The lowest BCUT2D eigenvalue weighted by molar-refractivity contribution is 0.0904. The van der Waals surface area contributed by atoms with Gasteiger partial charge in [-0.1, -0.05) is 13.8 Å². The third kappa shape index (κ3) is 3.41. The quantitative estimate of drug-likeness (QED) is 0.765. The van der Waals surface area contributed by atoms with Gasteiger partial charge in [0.15, 0.2) is 5.78 Å². The summed E-state index contributed by atoms with van der Waals surface area (Å²) in [5, 5.41) is 0. The number of halogens is 1. The average Bonchev–Trinajstić information content (AvgIpc) is 2.86. The van der Waals surface area contributed by atoms with Gasteiger partial charge in [0.05, 0.1) is 18.1 Å². The second-order valence-electron chi connectivity index (χ2n) is 5.70. The van der Waals surface area contributed by atoms with E-state index in [1.807, 2.05) is 18.2 Å². The molecular weight excluding hydrogens is 318 g/mol. The van der Waals surface area contributed by atoms with Crippen molar-refractivity contribution >= 4 is 21.7 Å². The van der Waals surface area contributed by atoms with Gasteiger partial charge in [0.25, 0.3) is 0 Å². The molecule has 0 aliphatic carbocycles. The zero-order chi connectivity index (χ0) is 14.7. The normalized spacial score (nSPS) is 19.6. The van der Waals surface area contributed by atoms with E-state index in [0.717, 1.165) is 22.3 Å². The van der Waals surface area contributed by atoms with Crippen molar-refractivity contribution in [3.05, 3.63) is 28.2 Å². The number of rotatable bonds is 5. The number of ketones is 1. The van der Waals surface area contributed by atoms with Gasteiger partial charge >= 0.3 is 0 Å². The summed E-state index contributed by atoms with van der Waals surface area (Å²) in [7, 11) is 1.62. The van der Waals surface area contributed by atoms with Crippen LogP contribution in [0.25, 0.3) is 0 Å². The monoisotopic (exact) mass is 339 g/mol. The number of carbonyl (C=O) groups excluding carboxylic acids is 1. The number of Topliss-reactive ketones (excluding diaryl/α,β-unsaturated/α-hetero) is 1. The minimum atomic E-state index is 0.181. The van der Waals surface area contributed by atoms with Crippen molar-refractivity contribution in [3.8, 4) is 5.75 Å². The Labute approximate surface area is 129 Å². The largest absolute Gasteiger partial charge is 0.496 e. The molecule has 0 amide bonds. The zero-order valence-electron chi connectivity index (χ0n) is 12.4. The van der Waals surface area contributed by atoms with Crippen molar-refractivity contribution in [2.75, 3.05) is 20.2 Å². The Morgan fingerprint density at radius 2 is 2.25 bits per heavy atom. The molecule has 3 nitrogen and oxygen atoms in total. The second kappa shape index (κ2) is 6.72. The molecule has 1 aromatic rings. The van der Waals surface area contributed by atoms with Crippen molar-refractivity contribution in [3.63, 3.8) is 0 Å². The van der Waals surface area contributed by atoms with Gasteiger partial charge in [-0.05, 0) is 59.4 Å². The minimum Gasteiger partial charge on any atom is -0.496 e. The highest BCUT2D eigenvalue weighted by molar-refractivity contribution is 9.10. The molecule has 1 aliphatic rings. The number of hydrogen-bond acceptors (Lipinski definition) is 3. The van der Waals surface area contributed by atoms with Crippen LogP contribution in [-0.2, 0) is 0 Å². The van der Waals surface area contributed by atoms with Gasteiger partial charge in [0, 0.05) is 11.6 Å². The Balaban J connectivity index is 2.06. The summed E-state index contributed by atoms with van der Waals surface area (Å²) in [6.45, 7) is 6.02. The fourth-order valence-electron chi connectivity index (χ4n) is 2.92. The Morgan fingerprint density at radius 1 is 1.50 bits per heavy atom. The third-order valence-corrected chi connectivity index (χ3v) is 4.62. The second-order valence-corrected chi connectivity index (χ2v) is 6.55. The Kier molecular flexibility index (Phi) is 5.22. The molecule has 1 saturated heterocycles. The van der Waals surface area contributed by atoms with Crippen LogP contribution in [0, 0.1) is 5.92 Å². The fourth-order valence-corrected chi connectivity index (χ4v) is 3.46. The summed E-state index contributed by atoms with van der Waals surface area (Å²) >= 11 is 3.43. The van der Waals surface area contributed by atoms with Crippen LogP contribution < -0.4 is 4.74 Å². The fraction of sp³-hybridized carbons (Fsp3) is 0.562. The first-order valence-corrected chi connectivity index (χ1v) is 7.93. The number of hydrogen-bond donors (Lipinski definition) is 0. The van der Waals surface area contributed by atoms with Crippen molar-refractivity contribution in [2.24, 2.45) is 5.92 Å². The van der Waals surface area contributed by atoms with Crippen LogP contribution in [0.2, 0.25) is 0 Å². The van der Waals surface area contributed by atoms with Gasteiger partial charge in [-0.3, -0.25) is 9.69 Å². The maximum Gasteiger partial charge on any atom is 0.176 e. The predicted octanol–water partition coefficient (Wildman–Crippen LogP) is 3.76. The lowest BCUT2D eigenvalue weighted by Crippen LogP contribution is -2.37. The summed E-state index contributed by atoms with van der Waals surface area (Å²) in [5.41, 5.74) is 0.743. The smallest absolute Gasteiger partial charge is 0.176 e. The van der Waals surface area contributed by atoms with E-state index in [2.05, 4.69) is 34.7 Å². The summed E-state index contributed by atoms with van der Waals surface area (Å²) in [4.78, 5) is 14.7. The molecule has 4 heteroatoms. The summed E-state index contributed by atoms with van der Waals surface area (Å²) < 4.78 is 6.02. The van der Waals surface area contributed by atoms with Crippen LogP contribution in [0.5, 0.6) is 5.75 Å². The Morgan fingerprint density at radius 3 is 2.85 bits per heavy atom. The summed E-state index contributed by atoms with van der Waals surface area (Å²) in [5.74, 6) is 1.54. The van der Waals surface area contributed by atoms with E-state index >= 15 is 0 Å². The highest BCUT2D eigenvalue weighted by Crippen LogP contribution is 2.27. The van der Waals surface area contributed by atoms with Gasteiger partial charge in [-0.15, -0.1) is 0 Å². The molecular formula is C16H22BrNO2. The van der Waals surface area contributed by atoms with Gasteiger partial charge in [0.2, 0.25) is 0 Å². The van der Waals surface area contributed by atoms with Crippen molar-refractivity contribution in [1.82, 2.24) is 4.90 Å². The lowest BCUT2D eigenvalue weighted by Gasteiger charge is -2.26. The maximum atomic E-state index is 12.4. The molecule has 1 atom stereocenters. The SMILES string of the molecule is COc1ccc(C(=O)CN2CCCC2C(C)C)cc1Br. The molecule has 0 saturated carbocycles. The number of carbonyl (C=O) groups is 1. The van der Waals surface area contributed by atoms with E-state index in [0.29, 0.717) is 18.5 Å². The van der Waals surface area contributed by atoms with Gasteiger partial charge in [-0.2, -0.15) is 0 Å². The first kappa shape index (κ1) is 15.5. The first-order valence-electron chi connectivity index (χ1n) is 7.13. The molecule has 0 spiro atoms. The molecule has 1 aromatic carbocycles. The molecule has 0 radical (unpaired) electrons. The predicted molar refractivity (Wildman–Crippen MR) is 84.5 cm³/mol. The number of benzene rings is 1. The molecule has 2 rings (SSSR count). The van der Waals surface area contributed by atoms with E-state index in [9.17, 15) is 4.79 Å². The standard InChI is InChI=1S/C16H22BrNO2/c1-11(2)14-5-4-8-18(14)10-15(19)12-6-7-16(20-3)13(17)9-12/h6-7,9,11,14H,4-5,8,10H2,1-3H3. The number of methoxy groups -OCH3 is 1. The van der Waals surface area contributed by atoms with Crippen LogP contribution in [-0.4, -0.2) is 36.9 Å². The van der Waals surface area contributed by atoms with Crippen LogP contribution in [0.4, 0.5) is 0 Å². The van der Waals surface area contributed by atoms with Gasteiger partial charge < -0.3 is 4.74 Å². The molecule has 1 aliphatic heterocycles. The van der Waals surface area contributed by atoms with E-state index in [4.69, 9.17) is 4.74 Å². The summed E-state index contributed by atoms with van der Waals surface area (Å²) in [6, 6.07) is 6.07. The highest BCUT2D eigenvalue weighted by atomic mass is 79.9. The first-order chi connectivity index (χ1) is 9.52. The van der Waals surface area contributed by atoms with Crippen molar-refractivity contribution in [1.29, 1.82) is 0 Å². The molecule has 1 fully saturated rings. The van der Waals surface area contributed by atoms with Gasteiger partial charge in [0.1, 0.15) is 5.75 Å². The van der Waals surface area contributed by atoms with Crippen molar-refractivity contribution < 1.29 is 9.53 Å². The van der Waals surface area contributed by atoms with E-state index < -0.39 is 0 Å². The molecule has 1 unspecified atom stereocenters. The summed E-state index contributed by atoms with van der Waals surface area (Å²) in [6.07, 6.45) is 2.40. The Hall–Kier alpha value is -0.870. The molecule has 0 bridgehead atoms. The van der Waals surface area contributed by atoms with Crippen LogP contribution in [0.3, 0.4) is 0 Å². The zero-order valence-corrected chi connectivity index (χ0v) is 13.9. The topological polar surface area (TPSA) is 29.5 Å². The maximum absolute atomic E-state index is 12.4. The molecule has 110 valence electrons. The van der Waals surface area contributed by atoms with Crippen LogP contribution in [0.1, 0.15) is 37.0 Å².